The summed E-state index contributed by atoms with van der Waals surface area (Å²) in [6.07, 6.45) is 0. The molecule has 0 aliphatic heterocycles. The predicted molar refractivity (Wildman–Crippen MR) is 144 cm³/mol. The van der Waals surface area contributed by atoms with Crippen LogP contribution in [0.25, 0.3) is 21.1 Å². The number of anilines is 2. The highest BCUT2D eigenvalue weighted by Crippen LogP contribution is 2.33. The number of para-hydroxylation sites is 1. The molecule has 0 saturated heterocycles. The van der Waals surface area contributed by atoms with Gasteiger partial charge in [-0.3, -0.25) is 5.32 Å². The molecule has 4 rings (SSSR count). The fraction of sp³-hybridized carbons (Fsp3) is 0.375. The Morgan fingerprint density at radius 3 is 2.36 bits per heavy atom. The summed E-state index contributed by atoms with van der Waals surface area (Å²) in [5.74, 6) is 0.0970. The van der Waals surface area contributed by atoms with Gasteiger partial charge in [0, 0.05) is 0 Å². The zero-order chi connectivity index (χ0) is 26.3. The normalized spacial score (nSPS) is 12.9. The first-order valence-corrected chi connectivity index (χ1v) is 15.3. The minimum atomic E-state index is -3.64. The molecule has 0 aliphatic rings. The Hall–Kier alpha value is -2.83. The highest BCUT2D eigenvalue weighted by atomic mass is 32.2. The molecule has 0 bridgehead atoms. The molecule has 0 atom stereocenters. The number of fused-ring (bicyclic) bond motifs is 2. The predicted octanol–water partition coefficient (Wildman–Crippen LogP) is 4.76. The van der Waals surface area contributed by atoms with E-state index in [4.69, 9.17) is 4.74 Å². The second kappa shape index (κ2) is 9.56. The molecule has 9 nitrogen and oxygen atoms in total. The van der Waals surface area contributed by atoms with Gasteiger partial charge < -0.3 is 4.74 Å². The molecular weight excluding hydrogens is 520 g/mol. The van der Waals surface area contributed by atoms with Gasteiger partial charge in [-0.05, 0) is 65.0 Å². The van der Waals surface area contributed by atoms with Gasteiger partial charge in [0.05, 0.1) is 41.8 Å². The van der Waals surface area contributed by atoms with Crippen molar-refractivity contribution in [2.24, 2.45) is 0 Å². The third kappa shape index (κ3) is 5.30. The highest BCUT2D eigenvalue weighted by molar-refractivity contribution is 7.92. The van der Waals surface area contributed by atoms with E-state index in [9.17, 15) is 16.8 Å². The van der Waals surface area contributed by atoms with Crippen molar-refractivity contribution in [1.82, 2.24) is 15.0 Å². The van der Waals surface area contributed by atoms with Crippen molar-refractivity contribution in [3.05, 3.63) is 42.5 Å². The minimum absolute atomic E-state index is 0.0912. The van der Waals surface area contributed by atoms with Crippen LogP contribution in [0.3, 0.4) is 0 Å². The maximum atomic E-state index is 13.0. The van der Waals surface area contributed by atoms with Gasteiger partial charge in [0.25, 0.3) is 0 Å². The lowest BCUT2D eigenvalue weighted by Crippen LogP contribution is -2.27. The lowest BCUT2D eigenvalue weighted by Gasteiger charge is -2.20. The summed E-state index contributed by atoms with van der Waals surface area (Å²) in [4.78, 5) is 13.6. The van der Waals surface area contributed by atoms with E-state index in [1.165, 1.54) is 23.5 Å². The molecule has 12 heteroatoms. The number of ether oxygens (including phenoxy) is 1. The SMILES string of the molecule is CC(C)S(=O)(=O)CCOc1nc(Nc2nc3ccccc3s2)nc2ccc(S(=O)(=O)C(C)(C)C)cc12. The second-order valence-corrected chi connectivity index (χ2v) is 15.9. The van der Waals surface area contributed by atoms with Crippen molar-refractivity contribution in [1.29, 1.82) is 0 Å². The third-order valence-electron chi connectivity index (χ3n) is 5.59. The Balaban J connectivity index is 1.75. The molecule has 192 valence electrons. The van der Waals surface area contributed by atoms with Gasteiger partial charge in [0.1, 0.15) is 6.61 Å². The van der Waals surface area contributed by atoms with E-state index in [0.717, 1.165) is 10.2 Å². The monoisotopic (exact) mass is 548 g/mol. The Morgan fingerprint density at radius 1 is 0.972 bits per heavy atom. The molecular formula is C24H28N4O5S3. The fourth-order valence-electron chi connectivity index (χ4n) is 3.28. The molecule has 0 saturated carbocycles. The van der Waals surface area contributed by atoms with Crippen LogP contribution in [0.2, 0.25) is 0 Å². The second-order valence-electron chi connectivity index (χ2n) is 9.52. The molecule has 0 unspecified atom stereocenters. The van der Waals surface area contributed by atoms with Crippen LogP contribution in [0, 0.1) is 0 Å². The molecule has 2 aromatic heterocycles. The molecule has 4 aromatic rings. The largest absolute Gasteiger partial charge is 0.476 e. The Labute approximate surface area is 214 Å². The molecule has 2 aromatic carbocycles. The number of nitrogens with one attached hydrogen (secondary N) is 1. The summed E-state index contributed by atoms with van der Waals surface area (Å²) in [5, 5.41) is 3.50. The lowest BCUT2D eigenvalue weighted by atomic mass is 10.2. The van der Waals surface area contributed by atoms with Crippen molar-refractivity contribution < 1.29 is 21.6 Å². The van der Waals surface area contributed by atoms with Gasteiger partial charge in [-0.1, -0.05) is 23.5 Å². The van der Waals surface area contributed by atoms with Crippen molar-refractivity contribution >= 4 is 63.2 Å². The van der Waals surface area contributed by atoms with Crippen molar-refractivity contribution in [3.63, 3.8) is 0 Å². The minimum Gasteiger partial charge on any atom is -0.476 e. The highest BCUT2D eigenvalue weighted by Gasteiger charge is 2.31. The number of thiazole rings is 1. The number of benzene rings is 2. The maximum Gasteiger partial charge on any atom is 0.232 e. The topological polar surface area (TPSA) is 128 Å². The Kier molecular flexibility index (Phi) is 6.97. The van der Waals surface area contributed by atoms with Crippen molar-refractivity contribution in [3.8, 4) is 5.88 Å². The van der Waals surface area contributed by atoms with E-state index in [2.05, 4.69) is 20.3 Å². The van der Waals surface area contributed by atoms with Crippen molar-refractivity contribution in [2.75, 3.05) is 17.7 Å². The van der Waals surface area contributed by atoms with Crippen LogP contribution in [-0.2, 0) is 19.7 Å². The number of nitrogens with zero attached hydrogens (tertiary/aromatic N) is 3. The van der Waals surface area contributed by atoms with E-state index < -0.39 is 29.7 Å². The summed E-state index contributed by atoms with van der Waals surface area (Å²) in [5.41, 5.74) is 1.28. The van der Waals surface area contributed by atoms with Gasteiger partial charge in [-0.15, -0.1) is 0 Å². The van der Waals surface area contributed by atoms with Gasteiger partial charge >= 0.3 is 0 Å². The molecule has 0 fully saturated rings. The van der Waals surface area contributed by atoms with Gasteiger partial charge in [-0.25, -0.2) is 26.8 Å². The number of hydrogen-bond donors (Lipinski definition) is 1. The summed E-state index contributed by atoms with van der Waals surface area (Å²) in [6, 6.07) is 12.3. The number of aromatic nitrogens is 3. The average molecular weight is 549 g/mol. The maximum absolute atomic E-state index is 13.0. The molecule has 0 amide bonds. The van der Waals surface area contributed by atoms with E-state index >= 15 is 0 Å². The van der Waals surface area contributed by atoms with E-state index in [-0.39, 0.29) is 29.1 Å². The number of sulfone groups is 2. The standard InChI is InChI=1S/C24H28N4O5S3/c1-15(2)35(29,30)13-12-33-21-17-14-16(36(31,32)24(3,4)5)10-11-18(17)25-22(27-21)28-23-26-19-8-6-7-9-20(19)34-23/h6-11,14-15H,12-13H2,1-5H3,(H,25,26,27,28). The van der Waals surface area contributed by atoms with Gasteiger partial charge in [-0.2, -0.15) is 4.98 Å². The molecule has 1 N–H and O–H groups in total. The Bertz CT molecular complexity index is 1610. The first-order chi connectivity index (χ1) is 16.8. The summed E-state index contributed by atoms with van der Waals surface area (Å²) in [6.45, 7) is 7.97. The van der Waals surface area contributed by atoms with E-state index in [1.807, 2.05) is 24.3 Å². The summed E-state index contributed by atoms with van der Waals surface area (Å²) in [7, 11) is -6.98. The first-order valence-electron chi connectivity index (χ1n) is 11.3. The molecule has 0 radical (unpaired) electrons. The van der Waals surface area contributed by atoms with Gasteiger partial charge in [0.2, 0.25) is 11.8 Å². The molecule has 36 heavy (non-hydrogen) atoms. The quantitative estimate of drug-likeness (QED) is 0.331. The molecule has 0 aliphatic carbocycles. The smallest absolute Gasteiger partial charge is 0.232 e. The fourth-order valence-corrected chi connectivity index (χ4v) is 6.15. The van der Waals surface area contributed by atoms with Crippen LogP contribution in [0.1, 0.15) is 34.6 Å². The van der Waals surface area contributed by atoms with Crippen LogP contribution in [0.15, 0.2) is 47.4 Å². The lowest BCUT2D eigenvalue weighted by molar-refractivity contribution is 0.332. The van der Waals surface area contributed by atoms with Gasteiger partial charge in [0.15, 0.2) is 24.8 Å². The van der Waals surface area contributed by atoms with Crippen LogP contribution in [0.5, 0.6) is 5.88 Å². The van der Waals surface area contributed by atoms with Crippen LogP contribution >= 0.6 is 11.3 Å². The third-order valence-corrected chi connectivity index (χ3v) is 11.2. The zero-order valence-corrected chi connectivity index (χ0v) is 23.1. The molecule has 2 heterocycles. The first kappa shape index (κ1) is 26.2. The Morgan fingerprint density at radius 2 is 1.69 bits per heavy atom. The van der Waals surface area contributed by atoms with E-state index in [0.29, 0.717) is 16.0 Å². The van der Waals surface area contributed by atoms with Crippen LogP contribution in [-0.4, -0.2) is 54.1 Å². The number of rotatable bonds is 8. The average Bonchev–Trinajstić information content (AvgIpc) is 3.20. The zero-order valence-electron chi connectivity index (χ0n) is 20.6. The summed E-state index contributed by atoms with van der Waals surface area (Å²) >= 11 is 1.43. The molecule has 0 spiro atoms. The van der Waals surface area contributed by atoms with Crippen LogP contribution < -0.4 is 10.1 Å². The van der Waals surface area contributed by atoms with Crippen molar-refractivity contribution in [2.45, 2.75) is 49.5 Å². The van der Waals surface area contributed by atoms with Crippen LogP contribution in [0.4, 0.5) is 11.1 Å². The summed E-state index contributed by atoms with van der Waals surface area (Å²) < 4.78 is 56.4. The van der Waals surface area contributed by atoms with E-state index in [1.54, 1.807) is 40.7 Å². The number of hydrogen-bond acceptors (Lipinski definition) is 10.